The molecular weight excluding hydrogens is 671 g/mol. The van der Waals surface area contributed by atoms with E-state index in [1.54, 1.807) is 0 Å². The average Bonchev–Trinajstić information content (AvgIpc) is 3.64. The van der Waals surface area contributed by atoms with Gasteiger partial charge >= 0.3 is 0 Å². The molecule has 1 heterocycles. The predicted octanol–water partition coefficient (Wildman–Crippen LogP) is 15.3. The van der Waals surface area contributed by atoms with Gasteiger partial charge in [-0.15, -0.1) is 11.3 Å². The van der Waals surface area contributed by atoms with E-state index in [-0.39, 0.29) is 0 Å². The first-order valence-corrected chi connectivity index (χ1v) is 19.2. The standard InChI is InChI=1S/C52H35NS/c1-3-14-37(15-4-1)46-33-32-43(35-49(46)39-16-5-2-6-17-39)53(50-26-13-25-48-47-23-9-10-27-51(47)54-52(48)50)42-30-28-36(29-31-42)40-20-11-21-41(34-40)45-24-12-19-38-18-7-8-22-44(38)45/h1-35H. The van der Waals surface area contributed by atoms with Crippen LogP contribution in [-0.4, -0.2) is 0 Å². The highest BCUT2D eigenvalue weighted by Gasteiger charge is 2.20. The molecule has 0 aliphatic heterocycles. The molecule has 54 heavy (non-hydrogen) atoms. The van der Waals surface area contributed by atoms with Crippen LogP contribution in [0.4, 0.5) is 17.1 Å². The van der Waals surface area contributed by atoms with Crippen molar-refractivity contribution in [3.8, 4) is 44.5 Å². The summed E-state index contributed by atoms with van der Waals surface area (Å²) in [6.45, 7) is 0. The summed E-state index contributed by atoms with van der Waals surface area (Å²) in [5.74, 6) is 0. The molecule has 0 aliphatic carbocycles. The molecule has 2 heteroatoms. The second-order valence-electron chi connectivity index (χ2n) is 13.7. The predicted molar refractivity (Wildman–Crippen MR) is 233 cm³/mol. The fourth-order valence-corrected chi connectivity index (χ4v) is 9.09. The zero-order chi connectivity index (χ0) is 35.8. The van der Waals surface area contributed by atoms with E-state index in [1.807, 2.05) is 11.3 Å². The zero-order valence-electron chi connectivity index (χ0n) is 29.6. The summed E-state index contributed by atoms with van der Waals surface area (Å²) in [4.78, 5) is 2.44. The molecule has 0 fully saturated rings. The highest BCUT2D eigenvalue weighted by molar-refractivity contribution is 7.26. The third-order valence-electron chi connectivity index (χ3n) is 10.5. The summed E-state index contributed by atoms with van der Waals surface area (Å²) >= 11 is 1.87. The molecule has 0 spiro atoms. The van der Waals surface area contributed by atoms with Crippen molar-refractivity contribution in [2.45, 2.75) is 0 Å². The van der Waals surface area contributed by atoms with Gasteiger partial charge in [0.05, 0.1) is 10.4 Å². The Labute approximate surface area is 319 Å². The lowest BCUT2D eigenvalue weighted by Crippen LogP contribution is -2.10. The Morgan fingerprint density at radius 2 is 0.907 bits per heavy atom. The van der Waals surface area contributed by atoms with E-state index in [1.165, 1.54) is 81.1 Å². The number of anilines is 3. The van der Waals surface area contributed by atoms with E-state index in [0.717, 1.165) is 11.4 Å². The normalized spacial score (nSPS) is 11.3. The number of thiophene rings is 1. The Bertz CT molecular complexity index is 2920. The number of fused-ring (bicyclic) bond motifs is 4. The number of benzene rings is 9. The van der Waals surface area contributed by atoms with Crippen LogP contribution in [0.3, 0.4) is 0 Å². The van der Waals surface area contributed by atoms with Crippen molar-refractivity contribution in [2.75, 3.05) is 4.90 Å². The molecule has 0 N–H and O–H groups in total. The molecule has 10 aromatic rings. The molecule has 0 atom stereocenters. The van der Waals surface area contributed by atoms with Gasteiger partial charge < -0.3 is 4.90 Å². The second-order valence-corrected chi connectivity index (χ2v) is 14.8. The van der Waals surface area contributed by atoms with Crippen molar-refractivity contribution in [3.63, 3.8) is 0 Å². The molecule has 0 unspecified atom stereocenters. The summed E-state index contributed by atoms with van der Waals surface area (Å²) < 4.78 is 2.57. The van der Waals surface area contributed by atoms with Gasteiger partial charge in [-0.05, 0) is 97.7 Å². The van der Waals surface area contributed by atoms with Crippen LogP contribution in [0.2, 0.25) is 0 Å². The fourth-order valence-electron chi connectivity index (χ4n) is 7.88. The van der Waals surface area contributed by atoms with Crippen molar-refractivity contribution in [1.82, 2.24) is 0 Å². The van der Waals surface area contributed by atoms with Crippen LogP contribution in [0.5, 0.6) is 0 Å². The van der Waals surface area contributed by atoms with Crippen LogP contribution in [0, 0.1) is 0 Å². The first kappa shape index (κ1) is 32.0. The molecule has 0 saturated carbocycles. The first-order valence-electron chi connectivity index (χ1n) is 18.4. The van der Waals surface area contributed by atoms with Crippen molar-refractivity contribution >= 4 is 59.3 Å². The van der Waals surface area contributed by atoms with Crippen molar-refractivity contribution < 1.29 is 0 Å². The van der Waals surface area contributed by atoms with E-state index < -0.39 is 0 Å². The van der Waals surface area contributed by atoms with Gasteiger partial charge in [0.15, 0.2) is 0 Å². The molecule has 1 nitrogen and oxygen atoms in total. The lowest BCUT2D eigenvalue weighted by molar-refractivity contribution is 1.30. The molecular formula is C52H35NS. The average molecular weight is 706 g/mol. The minimum absolute atomic E-state index is 1.11. The topological polar surface area (TPSA) is 3.24 Å². The van der Waals surface area contributed by atoms with E-state index in [0.29, 0.717) is 0 Å². The number of rotatable bonds is 7. The number of hydrogen-bond acceptors (Lipinski definition) is 2. The Balaban J connectivity index is 1.13. The van der Waals surface area contributed by atoms with Gasteiger partial charge in [-0.3, -0.25) is 0 Å². The third-order valence-corrected chi connectivity index (χ3v) is 11.7. The van der Waals surface area contributed by atoms with E-state index in [2.05, 4.69) is 217 Å². The lowest BCUT2D eigenvalue weighted by atomic mass is 9.93. The molecule has 1 aromatic heterocycles. The Morgan fingerprint density at radius 1 is 0.315 bits per heavy atom. The Hall–Kier alpha value is -6.74. The molecule has 0 aliphatic rings. The largest absolute Gasteiger partial charge is 0.309 e. The van der Waals surface area contributed by atoms with E-state index in [9.17, 15) is 0 Å². The quantitative estimate of drug-likeness (QED) is 0.160. The van der Waals surface area contributed by atoms with E-state index >= 15 is 0 Å². The van der Waals surface area contributed by atoms with Crippen LogP contribution >= 0.6 is 11.3 Å². The van der Waals surface area contributed by atoms with Gasteiger partial charge in [0.1, 0.15) is 0 Å². The maximum Gasteiger partial charge on any atom is 0.0640 e. The molecule has 9 aromatic carbocycles. The fraction of sp³-hybridized carbons (Fsp3) is 0. The van der Waals surface area contributed by atoms with Gasteiger partial charge in [-0.2, -0.15) is 0 Å². The molecule has 0 radical (unpaired) electrons. The van der Waals surface area contributed by atoms with Gasteiger partial charge in [-0.1, -0.05) is 170 Å². The van der Waals surface area contributed by atoms with Gasteiger partial charge in [0.25, 0.3) is 0 Å². The van der Waals surface area contributed by atoms with Crippen molar-refractivity contribution in [3.05, 3.63) is 212 Å². The van der Waals surface area contributed by atoms with Gasteiger partial charge in [0, 0.05) is 26.8 Å². The zero-order valence-corrected chi connectivity index (χ0v) is 30.4. The Morgan fingerprint density at radius 3 is 1.72 bits per heavy atom. The second kappa shape index (κ2) is 13.7. The smallest absolute Gasteiger partial charge is 0.0640 e. The maximum absolute atomic E-state index is 2.44. The van der Waals surface area contributed by atoms with Crippen LogP contribution < -0.4 is 4.90 Å². The van der Waals surface area contributed by atoms with Crippen LogP contribution in [0.25, 0.3) is 75.5 Å². The van der Waals surface area contributed by atoms with Crippen LogP contribution in [-0.2, 0) is 0 Å². The highest BCUT2D eigenvalue weighted by atomic mass is 32.1. The van der Waals surface area contributed by atoms with Crippen molar-refractivity contribution in [1.29, 1.82) is 0 Å². The molecule has 10 rings (SSSR count). The minimum Gasteiger partial charge on any atom is -0.309 e. The third kappa shape index (κ3) is 5.74. The van der Waals surface area contributed by atoms with Gasteiger partial charge in [-0.25, -0.2) is 0 Å². The summed E-state index contributed by atoms with van der Waals surface area (Å²) in [7, 11) is 0. The first-order chi connectivity index (χ1) is 26.8. The van der Waals surface area contributed by atoms with Crippen LogP contribution in [0.15, 0.2) is 212 Å². The summed E-state index contributed by atoms with van der Waals surface area (Å²) in [6, 6.07) is 77.1. The molecule has 0 bridgehead atoms. The minimum atomic E-state index is 1.11. The number of hydrogen-bond donors (Lipinski definition) is 0. The number of nitrogens with zero attached hydrogens (tertiary/aromatic N) is 1. The van der Waals surface area contributed by atoms with E-state index in [4.69, 9.17) is 0 Å². The lowest BCUT2D eigenvalue weighted by Gasteiger charge is -2.27. The SMILES string of the molecule is c1ccc(-c2ccc(N(c3ccc(-c4cccc(-c5cccc6ccccc56)c4)cc3)c3cccc4c3sc3ccccc34)cc2-c2ccccc2)cc1. The molecule has 0 amide bonds. The highest BCUT2D eigenvalue weighted by Crippen LogP contribution is 2.46. The maximum atomic E-state index is 2.44. The summed E-state index contributed by atoms with van der Waals surface area (Å²) in [5.41, 5.74) is 13.1. The monoisotopic (exact) mass is 705 g/mol. The Kier molecular flexibility index (Phi) is 8.09. The van der Waals surface area contributed by atoms with Crippen molar-refractivity contribution in [2.24, 2.45) is 0 Å². The summed E-state index contributed by atoms with van der Waals surface area (Å²) in [6.07, 6.45) is 0. The molecule has 254 valence electrons. The molecule has 0 saturated heterocycles. The summed E-state index contributed by atoms with van der Waals surface area (Å²) in [5, 5.41) is 5.10. The van der Waals surface area contributed by atoms with Crippen LogP contribution in [0.1, 0.15) is 0 Å². The van der Waals surface area contributed by atoms with Gasteiger partial charge in [0.2, 0.25) is 0 Å².